The van der Waals surface area contributed by atoms with Crippen LogP contribution >= 0.6 is 0 Å². The molecule has 0 unspecified atom stereocenters. The number of hydrogen-bond donors (Lipinski definition) is 0. The van der Waals surface area contributed by atoms with Crippen molar-refractivity contribution in [2.45, 2.75) is 53.4 Å². The van der Waals surface area contributed by atoms with Gasteiger partial charge in [-0.3, -0.25) is 0 Å². The van der Waals surface area contributed by atoms with Gasteiger partial charge in [-0.15, -0.1) is 0 Å². The summed E-state index contributed by atoms with van der Waals surface area (Å²) < 4.78 is 0. The van der Waals surface area contributed by atoms with Crippen LogP contribution in [0, 0.1) is 0 Å². The van der Waals surface area contributed by atoms with Crippen molar-refractivity contribution in [3.8, 4) is 0 Å². The molecule has 0 spiro atoms. The Morgan fingerprint density at radius 2 is 1.36 bits per heavy atom. The molecule has 0 aromatic heterocycles. The van der Waals surface area contributed by atoms with Crippen molar-refractivity contribution in [3.05, 3.63) is 35.4 Å². The second-order valence-corrected chi connectivity index (χ2v) is 5.03. The molecule has 0 nitrogen and oxygen atoms in total. The van der Waals surface area contributed by atoms with Crippen molar-refractivity contribution < 1.29 is 0 Å². The normalized spacial score (nSPS) is 11.3. The first kappa shape index (κ1) is 13.2. The monoisotopic (exact) mass is 192 g/mol. The lowest BCUT2D eigenvalue weighted by Gasteiger charge is -2.19. The fourth-order valence-electron chi connectivity index (χ4n) is 1.37. The van der Waals surface area contributed by atoms with Gasteiger partial charge in [0.1, 0.15) is 0 Å². The standard InChI is InChI=1S/C13H20.CH4/c1-10(2)11-6-8-12(9-7-11)13(3,4)5;/h6-10H,1-5H3;1H4. The Hall–Kier alpha value is -0.780. The van der Waals surface area contributed by atoms with E-state index in [9.17, 15) is 0 Å². The van der Waals surface area contributed by atoms with Crippen LogP contribution < -0.4 is 0 Å². The molecule has 80 valence electrons. The van der Waals surface area contributed by atoms with Gasteiger partial charge in [0, 0.05) is 0 Å². The summed E-state index contributed by atoms with van der Waals surface area (Å²) in [4.78, 5) is 0. The quantitative estimate of drug-likeness (QED) is 0.602. The molecular formula is C14H24. The lowest BCUT2D eigenvalue weighted by Crippen LogP contribution is -2.10. The predicted octanol–water partition coefficient (Wildman–Crippen LogP) is 4.74. The molecule has 1 aromatic carbocycles. The molecule has 0 atom stereocenters. The summed E-state index contributed by atoms with van der Waals surface area (Å²) in [5.41, 5.74) is 3.11. The first-order valence-corrected chi connectivity index (χ1v) is 5.01. The maximum absolute atomic E-state index is 2.25. The number of benzene rings is 1. The molecule has 0 radical (unpaired) electrons. The maximum Gasteiger partial charge on any atom is -0.0132 e. The summed E-state index contributed by atoms with van der Waals surface area (Å²) in [6, 6.07) is 8.97. The lowest BCUT2D eigenvalue weighted by molar-refractivity contribution is 0.589. The predicted molar refractivity (Wildman–Crippen MR) is 66.0 cm³/mol. The van der Waals surface area contributed by atoms with Crippen molar-refractivity contribution in [1.29, 1.82) is 0 Å². The van der Waals surface area contributed by atoms with E-state index in [1.54, 1.807) is 0 Å². The summed E-state index contributed by atoms with van der Waals surface area (Å²) in [5, 5.41) is 0. The lowest BCUT2D eigenvalue weighted by atomic mass is 9.86. The average molecular weight is 192 g/mol. The highest BCUT2D eigenvalue weighted by Crippen LogP contribution is 2.24. The third kappa shape index (κ3) is 3.17. The van der Waals surface area contributed by atoms with E-state index in [0.29, 0.717) is 5.92 Å². The first-order valence-electron chi connectivity index (χ1n) is 5.01. The zero-order chi connectivity index (χ0) is 10.1. The van der Waals surface area contributed by atoms with Gasteiger partial charge in [-0.2, -0.15) is 0 Å². The topological polar surface area (TPSA) is 0 Å². The number of rotatable bonds is 1. The van der Waals surface area contributed by atoms with Crippen LogP contribution in [0.2, 0.25) is 0 Å². The summed E-state index contributed by atoms with van der Waals surface area (Å²) >= 11 is 0. The fraction of sp³-hybridized carbons (Fsp3) is 0.571. The van der Waals surface area contributed by atoms with Gasteiger partial charge < -0.3 is 0 Å². The molecule has 0 aliphatic heterocycles. The van der Waals surface area contributed by atoms with Gasteiger partial charge >= 0.3 is 0 Å². The summed E-state index contributed by atoms with van der Waals surface area (Å²) in [7, 11) is 0. The van der Waals surface area contributed by atoms with E-state index >= 15 is 0 Å². The molecule has 0 aliphatic rings. The second-order valence-electron chi connectivity index (χ2n) is 5.03. The van der Waals surface area contributed by atoms with Crippen LogP contribution in [0.1, 0.15) is 59.1 Å². The molecule has 1 rings (SSSR count). The van der Waals surface area contributed by atoms with Crippen molar-refractivity contribution in [3.63, 3.8) is 0 Å². The molecule has 0 fully saturated rings. The van der Waals surface area contributed by atoms with E-state index in [-0.39, 0.29) is 12.8 Å². The van der Waals surface area contributed by atoms with Crippen LogP contribution in [0.3, 0.4) is 0 Å². The van der Waals surface area contributed by atoms with Crippen LogP contribution in [0.25, 0.3) is 0 Å². The van der Waals surface area contributed by atoms with Crippen LogP contribution in [-0.2, 0) is 5.41 Å². The zero-order valence-electron chi connectivity index (χ0n) is 9.39. The van der Waals surface area contributed by atoms with E-state index < -0.39 is 0 Å². The van der Waals surface area contributed by atoms with Gasteiger partial charge in [-0.05, 0) is 22.5 Å². The Labute approximate surface area is 89.4 Å². The van der Waals surface area contributed by atoms with Crippen LogP contribution in [0.4, 0.5) is 0 Å². The smallest absolute Gasteiger partial charge is 0.0132 e. The van der Waals surface area contributed by atoms with E-state index in [1.807, 2.05) is 0 Å². The van der Waals surface area contributed by atoms with Crippen LogP contribution in [-0.4, -0.2) is 0 Å². The maximum atomic E-state index is 2.25. The molecule has 0 amide bonds. The fourth-order valence-corrected chi connectivity index (χ4v) is 1.37. The first-order chi connectivity index (χ1) is 5.91. The third-order valence-electron chi connectivity index (χ3n) is 2.44. The molecule has 1 aromatic rings. The highest BCUT2D eigenvalue weighted by Gasteiger charge is 2.12. The highest BCUT2D eigenvalue weighted by atomic mass is 14.2. The molecule has 0 aliphatic carbocycles. The molecule has 0 bridgehead atoms. The summed E-state index contributed by atoms with van der Waals surface area (Å²) in [6.45, 7) is 11.2. The van der Waals surface area contributed by atoms with E-state index in [4.69, 9.17) is 0 Å². The van der Waals surface area contributed by atoms with Crippen molar-refractivity contribution in [2.24, 2.45) is 0 Å². The molecule has 0 saturated carbocycles. The minimum absolute atomic E-state index is 0. The Bertz CT molecular complexity index is 259. The van der Waals surface area contributed by atoms with E-state index in [0.717, 1.165) is 0 Å². The van der Waals surface area contributed by atoms with Gasteiger partial charge in [-0.1, -0.05) is 66.3 Å². The Kier molecular flexibility index (Phi) is 4.38. The van der Waals surface area contributed by atoms with E-state index in [1.165, 1.54) is 11.1 Å². The SMILES string of the molecule is C.CC(C)c1ccc(C(C)(C)C)cc1. The van der Waals surface area contributed by atoms with Crippen molar-refractivity contribution in [2.75, 3.05) is 0 Å². The van der Waals surface area contributed by atoms with E-state index in [2.05, 4.69) is 58.9 Å². The number of hydrogen-bond acceptors (Lipinski definition) is 0. The molecule has 0 N–H and O–H groups in total. The Morgan fingerprint density at radius 1 is 0.929 bits per heavy atom. The van der Waals surface area contributed by atoms with Gasteiger partial charge in [0.05, 0.1) is 0 Å². The minimum Gasteiger partial charge on any atom is -0.0776 e. The van der Waals surface area contributed by atoms with Crippen LogP contribution in [0.5, 0.6) is 0 Å². The van der Waals surface area contributed by atoms with Gasteiger partial charge in [0.2, 0.25) is 0 Å². The molecular weight excluding hydrogens is 168 g/mol. The van der Waals surface area contributed by atoms with Crippen molar-refractivity contribution >= 4 is 0 Å². The Balaban J connectivity index is 0.00000169. The average Bonchev–Trinajstić information content (AvgIpc) is 2.03. The minimum atomic E-state index is 0. The van der Waals surface area contributed by atoms with Gasteiger partial charge in [-0.25, -0.2) is 0 Å². The molecule has 0 heteroatoms. The third-order valence-corrected chi connectivity index (χ3v) is 2.44. The largest absolute Gasteiger partial charge is 0.0776 e. The van der Waals surface area contributed by atoms with Crippen molar-refractivity contribution in [1.82, 2.24) is 0 Å². The Morgan fingerprint density at radius 3 is 1.64 bits per heavy atom. The van der Waals surface area contributed by atoms with Gasteiger partial charge in [0.15, 0.2) is 0 Å². The second kappa shape index (κ2) is 4.63. The van der Waals surface area contributed by atoms with Gasteiger partial charge in [0.25, 0.3) is 0 Å². The van der Waals surface area contributed by atoms with Crippen LogP contribution in [0.15, 0.2) is 24.3 Å². The highest BCUT2D eigenvalue weighted by molar-refractivity contribution is 5.28. The zero-order valence-corrected chi connectivity index (χ0v) is 9.39. The molecule has 14 heavy (non-hydrogen) atoms. The molecule has 0 heterocycles. The summed E-state index contributed by atoms with van der Waals surface area (Å²) in [5.74, 6) is 0.633. The summed E-state index contributed by atoms with van der Waals surface area (Å²) in [6.07, 6.45) is 0. The molecule has 0 saturated heterocycles.